The van der Waals surface area contributed by atoms with Crippen LogP contribution in [0, 0.1) is 5.92 Å². The first-order valence-corrected chi connectivity index (χ1v) is 3.09. The molecule has 2 unspecified atom stereocenters. The minimum Gasteiger partial charge on any atom is -0.390 e. The fourth-order valence-corrected chi connectivity index (χ4v) is 0.961. The maximum atomic E-state index is 9.12. The second kappa shape index (κ2) is 3.15. The van der Waals surface area contributed by atoms with Crippen LogP contribution in [0.5, 0.6) is 0 Å². The summed E-state index contributed by atoms with van der Waals surface area (Å²) in [5.41, 5.74) is 0. The highest BCUT2D eigenvalue weighted by Gasteiger charge is 2.25. The predicted octanol–water partition coefficient (Wildman–Crippen LogP) is -0.360. The summed E-state index contributed by atoms with van der Waals surface area (Å²) in [5.74, 6) is 0.190. The molecule has 0 aromatic carbocycles. The quantitative estimate of drug-likeness (QED) is 0.557. The molecule has 1 rings (SSSR count). The third-order valence-corrected chi connectivity index (χ3v) is 1.55. The largest absolute Gasteiger partial charge is 0.390 e. The van der Waals surface area contributed by atoms with Crippen LogP contribution in [0.15, 0.2) is 0 Å². The molecule has 1 heterocycles. The lowest BCUT2D eigenvalue weighted by Crippen LogP contribution is -2.21. The second-order valence-corrected chi connectivity index (χ2v) is 2.32. The van der Waals surface area contributed by atoms with Gasteiger partial charge >= 0.3 is 0 Å². The Kier molecular flexibility index (Phi) is 2.45. The molecule has 0 aromatic rings. The van der Waals surface area contributed by atoms with Gasteiger partial charge in [0.25, 0.3) is 0 Å². The van der Waals surface area contributed by atoms with Gasteiger partial charge in [0.2, 0.25) is 0 Å². The Balaban J connectivity index is 2.22. The molecule has 0 aliphatic carbocycles. The van der Waals surface area contributed by atoms with Gasteiger partial charge in [-0.05, 0) is 0 Å². The number of ether oxygens (including phenoxy) is 2. The van der Waals surface area contributed by atoms with Gasteiger partial charge in [-0.1, -0.05) is 0 Å². The smallest absolute Gasteiger partial charge is 0.0845 e. The number of hydrogen-bond donors (Lipinski definition) is 1. The van der Waals surface area contributed by atoms with Gasteiger partial charge in [-0.15, -0.1) is 0 Å². The van der Waals surface area contributed by atoms with Crippen molar-refractivity contribution < 1.29 is 14.6 Å². The average molecular weight is 132 g/mol. The summed E-state index contributed by atoms with van der Waals surface area (Å²) in [4.78, 5) is 0. The molecule has 0 bridgehead atoms. The highest BCUT2D eigenvalue weighted by Crippen LogP contribution is 2.12. The molecule has 1 N–H and O–H groups in total. The van der Waals surface area contributed by atoms with Crippen molar-refractivity contribution in [1.29, 1.82) is 0 Å². The van der Waals surface area contributed by atoms with Crippen molar-refractivity contribution in [2.75, 3.05) is 26.9 Å². The zero-order valence-corrected chi connectivity index (χ0v) is 5.54. The SMILES string of the molecule is COCC1COCC1O. The minimum absolute atomic E-state index is 0.190. The van der Waals surface area contributed by atoms with Gasteiger partial charge in [-0.25, -0.2) is 0 Å². The number of hydrogen-bond acceptors (Lipinski definition) is 3. The summed E-state index contributed by atoms with van der Waals surface area (Å²) in [6.07, 6.45) is -0.315. The Morgan fingerprint density at radius 3 is 2.89 bits per heavy atom. The first-order chi connectivity index (χ1) is 4.34. The molecule has 0 saturated carbocycles. The Hall–Kier alpha value is -0.120. The molecular weight excluding hydrogens is 120 g/mol. The lowest BCUT2D eigenvalue weighted by atomic mass is 10.1. The number of aliphatic hydroxyl groups is 1. The zero-order valence-electron chi connectivity index (χ0n) is 5.54. The molecule has 2 atom stereocenters. The van der Waals surface area contributed by atoms with E-state index >= 15 is 0 Å². The van der Waals surface area contributed by atoms with E-state index < -0.39 is 0 Å². The van der Waals surface area contributed by atoms with E-state index in [0.717, 1.165) is 0 Å². The summed E-state index contributed by atoms with van der Waals surface area (Å²) < 4.78 is 9.85. The standard InChI is InChI=1S/C6H12O3/c1-8-2-5-3-9-4-6(5)7/h5-7H,2-4H2,1H3. The Morgan fingerprint density at radius 2 is 2.44 bits per heavy atom. The third kappa shape index (κ3) is 1.64. The van der Waals surface area contributed by atoms with Gasteiger partial charge in [0.15, 0.2) is 0 Å². The molecule has 0 aromatic heterocycles. The Morgan fingerprint density at radius 1 is 1.67 bits per heavy atom. The highest BCUT2D eigenvalue weighted by molar-refractivity contribution is 4.72. The molecule has 1 fully saturated rings. The summed E-state index contributed by atoms with van der Waals surface area (Å²) in [5, 5.41) is 9.12. The fourth-order valence-electron chi connectivity index (χ4n) is 0.961. The molecule has 0 spiro atoms. The van der Waals surface area contributed by atoms with Crippen molar-refractivity contribution in [3.63, 3.8) is 0 Å². The average Bonchev–Trinajstić information content (AvgIpc) is 2.18. The summed E-state index contributed by atoms with van der Waals surface area (Å²) >= 11 is 0. The lowest BCUT2D eigenvalue weighted by molar-refractivity contribution is 0.0786. The second-order valence-electron chi connectivity index (χ2n) is 2.32. The van der Waals surface area contributed by atoms with E-state index in [1.807, 2.05) is 0 Å². The van der Waals surface area contributed by atoms with Crippen LogP contribution in [-0.2, 0) is 9.47 Å². The van der Waals surface area contributed by atoms with Gasteiger partial charge in [0.05, 0.1) is 25.9 Å². The van der Waals surface area contributed by atoms with Gasteiger partial charge in [0, 0.05) is 13.0 Å². The maximum Gasteiger partial charge on any atom is 0.0845 e. The van der Waals surface area contributed by atoms with Crippen LogP contribution in [0.1, 0.15) is 0 Å². The van der Waals surface area contributed by atoms with Crippen LogP contribution in [0.4, 0.5) is 0 Å². The maximum absolute atomic E-state index is 9.12. The normalized spacial score (nSPS) is 35.3. The van der Waals surface area contributed by atoms with Gasteiger partial charge < -0.3 is 14.6 Å². The fraction of sp³-hybridized carbons (Fsp3) is 1.00. The molecule has 1 aliphatic heterocycles. The summed E-state index contributed by atoms with van der Waals surface area (Å²) in [7, 11) is 1.63. The van der Waals surface area contributed by atoms with Gasteiger partial charge in [-0.2, -0.15) is 0 Å². The van der Waals surface area contributed by atoms with E-state index in [2.05, 4.69) is 0 Å². The molecule has 3 nitrogen and oxygen atoms in total. The molecule has 1 aliphatic rings. The van der Waals surface area contributed by atoms with E-state index in [1.165, 1.54) is 0 Å². The molecule has 0 radical (unpaired) electrons. The van der Waals surface area contributed by atoms with Crippen LogP contribution in [0.3, 0.4) is 0 Å². The van der Waals surface area contributed by atoms with E-state index in [4.69, 9.17) is 14.6 Å². The van der Waals surface area contributed by atoms with Crippen molar-refractivity contribution >= 4 is 0 Å². The molecule has 54 valence electrons. The van der Waals surface area contributed by atoms with Crippen molar-refractivity contribution in [1.82, 2.24) is 0 Å². The van der Waals surface area contributed by atoms with Crippen molar-refractivity contribution in [3.8, 4) is 0 Å². The van der Waals surface area contributed by atoms with Crippen LogP contribution in [0.25, 0.3) is 0 Å². The van der Waals surface area contributed by atoms with Gasteiger partial charge in [0.1, 0.15) is 0 Å². The number of aliphatic hydroxyl groups excluding tert-OH is 1. The van der Waals surface area contributed by atoms with E-state index in [1.54, 1.807) is 7.11 Å². The first kappa shape index (κ1) is 6.99. The monoisotopic (exact) mass is 132 g/mol. The van der Waals surface area contributed by atoms with E-state index in [9.17, 15) is 0 Å². The van der Waals surface area contributed by atoms with E-state index in [0.29, 0.717) is 19.8 Å². The molecule has 3 heteroatoms. The van der Waals surface area contributed by atoms with Gasteiger partial charge in [-0.3, -0.25) is 0 Å². The molecule has 1 saturated heterocycles. The summed E-state index contributed by atoms with van der Waals surface area (Å²) in [6, 6.07) is 0. The topological polar surface area (TPSA) is 38.7 Å². The third-order valence-electron chi connectivity index (χ3n) is 1.55. The lowest BCUT2D eigenvalue weighted by Gasteiger charge is -2.09. The Bertz CT molecular complexity index is 84.4. The number of methoxy groups -OCH3 is 1. The van der Waals surface area contributed by atoms with Crippen molar-refractivity contribution in [3.05, 3.63) is 0 Å². The predicted molar refractivity (Wildman–Crippen MR) is 32.2 cm³/mol. The minimum atomic E-state index is -0.315. The van der Waals surface area contributed by atoms with Crippen LogP contribution < -0.4 is 0 Å². The molecule has 9 heavy (non-hydrogen) atoms. The van der Waals surface area contributed by atoms with Crippen molar-refractivity contribution in [2.45, 2.75) is 6.10 Å². The highest BCUT2D eigenvalue weighted by atomic mass is 16.5. The molecule has 0 amide bonds. The molecular formula is C6H12O3. The van der Waals surface area contributed by atoms with E-state index in [-0.39, 0.29) is 12.0 Å². The summed E-state index contributed by atoms with van der Waals surface area (Å²) in [6.45, 7) is 1.70. The zero-order chi connectivity index (χ0) is 6.69. The van der Waals surface area contributed by atoms with Crippen LogP contribution >= 0.6 is 0 Å². The van der Waals surface area contributed by atoms with Crippen LogP contribution in [0.2, 0.25) is 0 Å². The Labute approximate surface area is 54.6 Å². The van der Waals surface area contributed by atoms with Crippen LogP contribution in [-0.4, -0.2) is 38.1 Å². The first-order valence-electron chi connectivity index (χ1n) is 3.09. The van der Waals surface area contributed by atoms with Crippen molar-refractivity contribution in [2.24, 2.45) is 5.92 Å². The number of rotatable bonds is 2.